The van der Waals surface area contributed by atoms with E-state index in [1.807, 2.05) is 52.3 Å². The number of hydrogen-bond acceptors (Lipinski definition) is 4. The molecule has 6 heteroatoms. The van der Waals surface area contributed by atoms with Gasteiger partial charge in [0, 0.05) is 42.3 Å². The molecule has 6 nitrogen and oxygen atoms in total. The van der Waals surface area contributed by atoms with Gasteiger partial charge in [-0.15, -0.1) is 0 Å². The van der Waals surface area contributed by atoms with Gasteiger partial charge in [-0.1, -0.05) is 18.2 Å². The van der Waals surface area contributed by atoms with E-state index in [0.717, 1.165) is 47.2 Å². The van der Waals surface area contributed by atoms with Crippen molar-refractivity contribution in [2.75, 3.05) is 27.2 Å². The van der Waals surface area contributed by atoms with Crippen molar-refractivity contribution < 1.29 is 4.79 Å². The third kappa shape index (κ3) is 3.40. The maximum atomic E-state index is 13.4. The minimum atomic E-state index is 0.0838. The van der Waals surface area contributed by atoms with Gasteiger partial charge in [-0.25, -0.2) is 4.98 Å². The van der Waals surface area contributed by atoms with Crippen molar-refractivity contribution in [2.45, 2.75) is 32.4 Å². The molecule has 0 aliphatic carbocycles. The molecule has 4 rings (SSSR count). The number of carbonyl (C=O) groups is 1. The molecule has 0 saturated carbocycles. The van der Waals surface area contributed by atoms with E-state index < -0.39 is 0 Å². The Morgan fingerprint density at radius 2 is 2.04 bits per heavy atom. The maximum absolute atomic E-state index is 13.4. The first kappa shape index (κ1) is 18.6. The number of rotatable bonds is 4. The van der Waals surface area contributed by atoms with E-state index in [1.165, 1.54) is 0 Å². The molecule has 1 saturated heterocycles. The predicted molar refractivity (Wildman–Crippen MR) is 111 cm³/mol. The molecule has 1 amide bonds. The standard InChI is InChI=1S/C22H27N5O/c1-15(2)27-13-16(12-23-27)21-11-19(18-7-5-6-8-20(18)24-21)22(28)26-10-9-17(14-26)25(3)4/h5-8,11-13,15,17H,9-10,14H2,1-4H3/t17-/m0/s1. The molecule has 0 unspecified atom stereocenters. The number of hydrogen-bond donors (Lipinski definition) is 0. The summed E-state index contributed by atoms with van der Waals surface area (Å²) in [6.07, 6.45) is 4.83. The Bertz CT molecular complexity index is 1010. The summed E-state index contributed by atoms with van der Waals surface area (Å²) in [5.41, 5.74) is 3.28. The smallest absolute Gasteiger partial charge is 0.254 e. The molecule has 3 aromatic rings. The number of fused-ring (bicyclic) bond motifs is 1. The number of amides is 1. The number of para-hydroxylation sites is 1. The Morgan fingerprint density at radius 3 is 2.71 bits per heavy atom. The fourth-order valence-corrected chi connectivity index (χ4v) is 3.77. The number of aromatic nitrogens is 3. The predicted octanol–water partition coefficient (Wildman–Crippen LogP) is 3.46. The van der Waals surface area contributed by atoms with E-state index in [1.54, 1.807) is 0 Å². The molecule has 1 aliphatic heterocycles. The van der Waals surface area contributed by atoms with E-state index in [9.17, 15) is 4.79 Å². The first-order chi connectivity index (χ1) is 13.4. The first-order valence-corrected chi connectivity index (χ1v) is 9.84. The lowest BCUT2D eigenvalue weighted by Gasteiger charge is -2.21. The van der Waals surface area contributed by atoms with Crippen LogP contribution in [0, 0.1) is 0 Å². The van der Waals surface area contributed by atoms with Gasteiger partial charge in [0.25, 0.3) is 5.91 Å². The lowest BCUT2D eigenvalue weighted by atomic mass is 10.0. The minimum absolute atomic E-state index is 0.0838. The number of carbonyl (C=O) groups excluding carboxylic acids is 1. The maximum Gasteiger partial charge on any atom is 0.254 e. The molecule has 1 atom stereocenters. The summed E-state index contributed by atoms with van der Waals surface area (Å²) >= 11 is 0. The highest BCUT2D eigenvalue weighted by atomic mass is 16.2. The lowest BCUT2D eigenvalue weighted by molar-refractivity contribution is 0.0785. The van der Waals surface area contributed by atoms with Crippen LogP contribution in [-0.4, -0.2) is 63.7 Å². The Labute approximate surface area is 165 Å². The molecule has 0 spiro atoms. The van der Waals surface area contributed by atoms with Crippen LogP contribution in [0.1, 0.15) is 36.7 Å². The number of pyridine rings is 1. The summed E-state index contributed by atoms with van der Waals surface area (Å²) in [6.45, 7) is 5.74. The average molecular weight is 377 g/mol. The molecule has 2 aromatic heterocycles. The topological polar surface area (TPSA) is 54.3 Å². The summed E-state index contributed by atoms with van der Waals surface area (Å²) in [6, 6.07) is 10.5. The summed E-state index contributed by atoms with van der Waals surface area (Å²) < 4.78 is 1.91. The largest absolute Gasteiger partial charge is 0.337 e. The summed E-state index contributed by atoms with van der Waals surface area (Å²) in [7, 11) is 4.15. The van der Waals surface area contributed by atoms with Crippen LogP contribution >= 0.6 is 0 Å². The molecule has 3 heterocycles. The zero-order valence-electron chi connectivity index (χ0n) is 17.0. The summed E-state index contributed by atoms with van der Waals surface area (Å²) in [4.78, 5) is 22.3. The van der Waals surface area contributed by atoms with Crippen molar-refractivity contribution in [3.63, 3.8) is 0 Å². The highest BCUT2D eigenvalue weighted by Gasteiger charge is 2.29. The van der Waals surface area contributed by atoms with E-state index in [-0.39, 0.29) is 11.9 Å². The van der Waals surface area contributed by atoms with E-state index in [0.29, 0.717) is 6.04 Å². The Morgan fingerprint density at radius 1 is 1.25 bits per heavy atom. The quantitative estimate of drug-likeness (QED) is 0.699. The second-order valence-electron chi connectivity index (χ2n) is 8.03. The van der Waals surface area contributed by atoms with Crippen LogP contribution in [0.4, 0.5) is 0 Å². The lowest BCUT2D eigenvalue weighted by Crippen LogP contribution is -2.34. The zero-order chi connectivity index (χ0) is 19.8. The first-order valence-electron chi connectivity index (χ1n) is 9.84. The van der Waals surface area contributed by atoms with Crippen LogP contribution in [0.3, 0.4) is 0 Å². The Hall–Kier alpha value is -2.73. The number of nitrogens with zero attached hydrogens (tertiary/aromatic N) is 5. The minimum Gasteiger partial charge on any atom is -0.337 e. The average Bonchev–Trinajstić information content (AvgIpc) is 3.36. The van der Waals surface area contributed by atoms with Crippen molar-refractivity contribution in [3.05, 3.63) is 48.3 Å². The number of likely N-dealkylation sites (tertiary alicyclic amines) is 1. The van der Waals surface area contributed by atoms with Gasteiger partial charge in [-0.3, -0.25) is 9.48 Å². The van der Waals surface area contributed by atoms with E-state index in [4.69, 9.17) is 4.98 Å². The van der Waals surface area contributed by atoms with Gasteiger partial charge in [0.05, 0.1) is 23.0 Å². The van der Waals surface area contributed by atoms with Crippen LogP contribution < -0.4 is 0 Å². The normalized spacial score (nSPS) is 17.2. The van der Waals surface area contributed by atoms with Gasteiger partial charge in [-0.2, -0.15) is 5.10 Å². The zero-order valence-corrected chi connectivity index (χ0v) is 17.0. The van der Waals surface area contributed by atoms with Crippen LogP contribution in [0.2, 0.25) is 0 Å². The van der Waals surface area contributed by atoms with Crippen LogP contribution in [0.5, 0.6) is 0 Å². The third-order valence-electron chi connectivity index (χ3n) is 5.55. The molecule has 0 bridgehead atoms. The van der Waals surface area contributed by atoms with Crippen LogP contribution in [0.15, 0.2) is 42.7 Å². The SMILES string of the molecule is CC(C)n1cc(-c2cc(C(=O)N3CC[C@H](N(C)C)C3)c3ccccc3n2)cn1. The second kappa shape index (κ2) is 7.36. The molecular formula is C22H27N5O. The molecule has 0 radical (unpaired) electrons. The fourth-order valence-electron chi connectivity index (χ4n) is 3.77. The molecule has 28 heavy (non-hydrogen) atoms. The Balaban J connectivity index is 1.75. The summed E-state index contributed by atoms with van der Waals surface area (Å²) in [5, 5.41) is 5.33. The van der Waals surface area contributed by atoms with Crippen molar-refractivity contribution >= 4 is 16.8 Å². The van der Waals surface area contributed by atoms with E-state index >= 15 is 0 Å². The molecule has 146 valence electrons. The molecule has 0 N–H and O–H groups in total. The molecule has 1 aliphatic rings. The van der Waals surface area contributed by atoms with Gasteiger partial charge < -0.3 is 9.80 Å². The van der Waals surface area contributed by atoms with Gasteiger partial charge >= 0.3 is 0 Å². The van der Waals surface area contributed by atoms with Crippen molar-refractivity contribution in [2.24, 2.45) is 0 Å². The Kier molecular flexibility index (Phi) is 4.89. The van der Waals surface area contributed by atoms with Gasteiger partial charge in [-0.05, 0) is 46.5 Å². The van der Waals surface area contributed by atoms with Gasteiger partial charge in [0.2, 0.25) is 0 Å². The highest BCUT2D eigenvalue weighted by Crippen LogP contribution is 2.27. The fraction of sp³-hybridized carbons (Fsp3) is 0.409. The van der Waals surface area contributed by atoms with Gasteiger partial charge in [0.15, 0.2) is 0 Å². The van der Waals surface area contributed by atoms with Crippen LogP contribution in [-0.2, 0) is 0 Å². The molecule has 1 aromatic carbocycles. The van der Waals surface area contributed by atoms with E-state index in [2.05, 4.69) is 37.9 Å². The van der Waals surface area contributed by atoms with Crippen molar-refractivity contribution in [1.29, 1.82) is 0 Å². The van der Waals surface area contributed by atoms with Crippen molar-refractivity contribution in [1.82, 2.24) is 24.6 Å². The monoisotopic (exact) mass is 377 g/mol. The van der Waals surface area contributed by atoms with Crippen LogP contribution in [0.25, 0.3) is 22.2 Å². The third-order valence-corrected chi connectivity index (χ3v) is 5.55. The highest BCUT2D eigenvalue weighted by molar-refractivity contribution is 6.07. The number of likely N-dealkylation sites (N-methyl/N-ethyl adjacent to an activating group) is 1. The molecule has 1 fully saturated rings. The summed E-state index contributed by atoms with van der Waals surface area (Å²) in [5.74, 6) is 0.0838. The molecular weight excluding hydrogens is 350 g/mol. The second-order valence-corrected chi connectivity index (χ2v) is 8.03. The number of benzene rings is 1. The van der Waals surface area contributed by atoms with Crippen molar-refractivity contribution in [3.8, 4) is 11.3 Å². The van der Waals surface area contributed by atoms with Gasteiger partial charge in [0.1, 0.15) is 0 Å².